The summed E-state index contributed by atoms with van der Waals surface area (Å²) < 4.78 is 8.96. The van der Waals surface area contributed by atoms with Crippen LogP contribution in [-0.4, -0.2) is 43.3 Å². The van der Waals surface area contributed by atoms with Gasteiger partial charge in [0, 0.05) is 31.8 Å². The number of aromatic nitrogens is 4. The van der Waals surface area contributed by atoms with Crippen LogP contribution in [0.25, 0.3) is 11.0 Å². The van der Waals surface area contributed by atoms with Gasteiger partial charge in [0.25, 0.3) is 0 Å². The van der Waals surface area contributed by atoms with Gasteiger partial charge in [-0.3, -0.25) is 13.9 Å². The van der Waals surface area contributed by atoms with E-state index in [9.17, 15) is 9.59 Å². The van der Waals surface area contributed by atoms with Crippen LogP contribution in [0.2, 0.25) is 0 Å². The Morgan fingerprint density at radius 3 is 2.74 bits per heavy atom. The Hall–Kier alpha value is -3.20. The predicted octanol–water partition coefficient (Wildman–Crippen LogP) is 1.95. The Bertz CT molecular complexity index is 1100. The van der Waals surface area contributed by atoms with Gasteiger partial charge in [0.15, 0.2) is 0 Å². The molecule has 1 aromatic carbocycles. The van der Waals surface area contributed by atoms with E-state index in [2.05, 4.69) is 15.3 Å². The highest BCUT2D eigenvalue weighted by Gasteiger charge is 2.27. The number of amides is 1. The van der Waals surface area contributed by atoms with E-state index in [1.807, 2.05) is 18.2 Å². The van der Waals surface area contributed by atoms with Gasteiger partial charge >= 0.3 is 5.69 Å². The molecule has 2 aromatic heterocycles. The first-order chi connectivity index (χ1) is 15.1. The number of aliphatic hydroxyl groups excluding tert-OH is 1. The third kappa shape index (κ3) is 4.61. The van der Waals surface area contributed by atoms with E-state index in [1.165, 1.54) is 6.33 Å². The summed E-state index contributed by atoms with van der Waals surface area (Å²) in [6.07, 6.45) is 6.34. The number of aliphatic hydroxyl groups is 1. The summed E-state index contributed by atoms with van der Waals surface area (Å²) in [6.45, 7) is 0.761. The quantitative estimate of drug-likeness (QED) is 0.599. The van der Waals surface area contributed by atoms with Gasteiger partial charge < -0.3 is 15.2 Å². The minimum atomic E-state index is -0.0618. The molecule has 3 aromatic rings. The Balaban J connectivity index is 1.42. The van der Waals surface area contributed by atoms with E-state index < -0.39 is 0 Å². The Kier molecular flexibility index (Phi) is 6.31. The van der Waals surface area contributed by atoms with Gasteiger partial charge in [0.1, 0.15) is 24.5 Å². The molecule has 9 nitrogen and oxygen atoms in total. The number of hydrogen-bond acceptors (Lipinski definition) is 6. The van der Waals surface area contributed by atoms with Crippen LogP contribution in [-0.2, 0) is 18.4 Å². The lowest BCUT2D eigenvalue weighted by atomic mass is 9.81. The number of carbonyl (C=O) groups is 1. The van der Waals surface area contributed by atoms with Crippen LogP contribution in [0, 0.1) is 11.8 Å². The fourth-order valence-corrected chi connectivity index (χ4v) is 4.28. The molecule has 0 unspecified atom stereocenters. The van der Waals surface area contributed by atoms with Gasteiger partial charge in [-0.2, -0.15) is 0 Å². The zero-order chi connectivity index (χ0) is 21.8. The number of fused-ring (bicyclic) bond motifs is 1. The molecule has 0 atom stereocenters. The number of imidazole rings is 1. The molecule has 31 heavy (non-hydrogen) atoms. The molecule has 1 saturated carbocycles. The molecule has 164 valence electrons. The maximum absolute atomic E-state index is 12.8. The molecule has 0 radical (unpaired) electrons. The lowest BCUT2D eigenvalue weighted by molar-refractivity contribution is -0.121. The second kappa shape index (κ2) is 9.30. The van der Waals surface area contributed by atoms with E-state index in [-0.39, 0.29) is 30.7 Å². The number of nitrogens with one attached hydrogen (secondary N) is 1. The first-order valence-corrected chi connectivity index (χ1v) is 10.6. The summed E-state index contributed by atoms with van der Waals surface area (Å²) >= 11 is 0. The van der Waals surface area contributed by atoms with Crippen molar-refractivity contribution in [2.24, 2.45) is 18.9 Å². The minimum absolute atomic E-state index is 0.00912. The molecule has 1 aliphatic carbocycles. The number of nitrogens with zero attached hydrogens (tertiary/aromatic N) is 4. The number of rotatable bonds is 7. The lowest BCUT2D eigenvalue weighted by Crippen LogP contribution is -2.31. The Morgan fingerprint density at radius 2 is 2.03 bits per heavy atom. The normalized spacial score (nSPS) is 18.8. The van der Waals surface area contributed by atoms with E-state index in [1.54, 1.807) is 28.4 Å². The third-order valence-corrected chi connectivity index (χ3v) is 5.97. The maximum Gasteiger partial charge on any atom is 0.328 e. The SMILES string of the molecule is Cn1c(=O)n(CC2CCC(C(=O)Nc3ccncn3)CC2)c2cc(OCCO)ccc21. The second-order valence-corrected chi connectivity index (χ2v) is 7.98. The largest absolute Gasteiger partial charge is 0.491 e. The molecule has 1 fully saturated rings. The molecule has 1 amide bonds. The summed E-state index contributed by atoms with van der Waals surface area (Å²) in [7, 11) is 1.77. The van der Waals surface area contributed by atoms with E-state index in [0.29, 0.717) is 24.0 Å². The van der Waals surface area contributed by atoms with Gasteiger partial charge in [0.05, 0.1) is 17.6 Å². The number of benzene rings is 1. The van der Waals surface area contributed by atoms with Crippen LogP contribution in [0.15, 0.2) is 41.6 Å². The number of carbonyl (C=O) groups excluding carboxylic acids is 1. The highest BCUT2D eigenvalue weighted by molar-refractivity contribution is 5.91. The van der Waals surface area contributed by atoms with Crippen molar-refractivity contribution in [1.29, 1.82) is 0 Å². The van der Waals surface area contributed by atoms with Gasteiger partial charge in [-0.25, -0.2) is 14.8 Å². The molecule has 0 spiro atoms. The predicted molar refractivity (Wildman–Crippen MR) is 116 cm³/mol. The van der Waals surface area contributed by atoms with Crippen molar-refractivity contribution in [3.63, 3.8) is 0 Å². The van der Waals surface area contributed by atoms with E-state index >= 15 is 0 Å². The van der Waals surface area contributed by atoms with Crippen LogP contribution in [0.4, 0.5) is 5.82 Å². The number of anilines is 1. The number of hydrogen-bond donors (Lipinski definition) is 2. The average Bonchev–Trinajstić information content (AvgIpc) is 3.03. The van der Waals surface area contributed by atoms with Gasteiger partial charge in [-0.1, -0.05) is 0 Å². The van der Waals surface area contributed by atoms with E-state index in [0.717, 1.165) is 36.7 Å². The summed E-state index contributed by atoms with van der Waals surface area (Å²) in [5.41, 5.74) is 1.61. The number of ether oxygens (including phenoxy) is 1. The smallest absolute Gasteiger partial charge is 0.328 e. The average molecular weight is 425 g/mol. The fraction of sp³-hybridized carbons (Fsp3) is 0.455. The van der Waals surface area contributed by atoms with Crippen molar-refractivity contribution < 1.29 is 14.6 Å². The standard InChI is InChI=1S/C22H27N5O4/c1-26-18-7-6-17(31-11-10-28)12-19(18)27(22(26)30)13-15-2-4-16(5-3-15)21(29)25-20-8-9-23-14-24-20/h6-9,12,14-16,28H,2-5,10-11,13H2,1H3,(H,23,24,25,29). The lowest BCUT2D eigenvalue weighted by Gasteiger charge is -2.27. The zero-order valence-electron chi connectivity index (χ0n) is 17.5. The van der Waals surface area contributed by atoms with Gasteiger partial charge in [0.2, 0.25) is 5.91 Å². The van der Waals surface area contributed by atoms with Crippen molar-refractivity contribution in [3.8, 4) is 5.75 Å². The van der Waals surface area contributed by atoms with Crippen molar-refractivity contribution in [2.75, 3.05) is 18.5 Å². The van der Waals surface area contributed by atoms with Crippen LogP contribution in [0.5, 0.6) is 5.75 Å². The van der Waals surface area contributed by atoms with Crippen molar-refractivity contribution in [1.82, 2.24) is 19.1 Å². The number of aryl methyl sites for hydroxylation is 1. The maximum atomic E-state index is 12.8. The van der Waals surface area contributed by atoms with Crippen molar-refractivity contribution >= 4 is 22.8 Å². The van der Waals surface area contributed by atoms with Crippen molar-refractivity contribution in [3.05, 3.63) is 47.3 Å². The van der Waals surface area contributed by atoms with Crippen LogP contribution in [0.3, 0.4) is 0 Å². The zero-order valence-corrected chi connectivity index (χ0v) is 17.5. The molecule has 9 heteroatoms. The molecule has 0 saturated heterocycles. The first-order valence-electron chi connectivity index (χ1n) is 10.6. The summed E-state index contributed by atoms with van der Waals surface area (Å²) in [5, 5.41) is 11.8. The van der Waals surface area contributed by atoms with Crippen LogP contribution >= 0.6 is 0 Å². The summed E-state index contributed by atoms with van der Waals surface area (Å²) in [6, 6.07) is 7.21. The van der Waals surface area contributed by atoms with Gasteiger partial charge in [-0.15, -0.1) is 0 Å². The van der Waals surface area contributed by atoms with E-state index in [4.69, 9.17) is 9.84 Å². The Morgan fingerprint density at radius 1 is 1.23 bits per heavy atom. The second-order valence-electron chi connectivity index (χ2n) is 7.98. The molecular formula is C22H27N5O4. The highest BCUT2D eigenvalue weighted by Crippen LogP contribution is 2.31. The molecule has 0 bridgehead atoms. The third-order valence-electron chi connectivity index (χ3n) is 5.97. The molecule has 2 N–H and O–H groups in total. The highest BCUT2D eigenvalue weighted by atomic mass is 16.5. The fourth-order valence-electron chi connectivity index (χ4n) is 4.28. The molecule has 4 rings (SSSR count). The van der Waals surface area contributed by atoms with Crippen molar-refractivity contribution in [2.45, 2.75) is 32.2 Å². The molecule has 1 aliphatic rings. The van der Waals surface area contributed by atoms with Crippen LogP contribution in [0.1, 0.15) is 25.7 Å². The molecule has 2 heterocycles. The summed E-state index contributed by atoms with van der Waals surface area (Å²) in [5.74, 6) is 1.42. The first kappa shape index (κ1) is 21.0. The molecular weight excluding hydrogens is 398 g/mol. The summed E-state index contributed by atoms with van der Waals surface area (Å²) in [4.78, 5) is 33.3. The monoisotopic (exact) mass is 425 g/mol. The molecule has 0 aliphatic heterocycles. The Labute approximate surface area is 179 Å². The van der Waals surface area contributed by atoms with Crippen LogP contribution < -0.4 is 15.7 Å². The minimum Gasteiger partial charge on any atom is -0.491 e. The topological polar surface area (TPSA) is 111 Å². The van der Waals surface area contributed by atoms with Gasteiger partial charge in [-0.05, 0) is 49.8 Å².